The lowest BCUT2D eigenvalue weighted by Crippen LogP contribution is -2.31. The number of hydrogen-bond acceptors (Lipinski definition) is 9. The fraction of sp³-hybridized carbons (Fsp3) is 0.433. The molecular weight excluding hydrogens is 504 g/mol. The molecule has 3 heterocycles. The van der Waals surface area contributed by atoms with E-state index in [4.69, 9.17) is 28.8 Å². The first-order valence-corrected chi connectivity index (χ1v) is 13.0. The van der Waals surface area contributed by atoms with Crippen molar-refractivity contribution >= 4 is 17.9 Å². The molecule has 0 bridgehead atoms. The molecule has 0 aliphatic carbocycles. The highest BCUT2D eigenvalue weighted by Crippen LogP contribution is 2.46. The summed E-state index contributed by atoms with van der Waals surface area (Å²) in [5.74, 6) is 4.23. The van der Waals surface area contributed by atoms with Crippen LogP contribution in [0.25, 0.3) is 0 Å². The maximum absolute atomic E-state index is 11.6. The molecule has 212 valence electrons. The number of carbonyl (C=O) groups is 3. The van der Waals surface area contributed by atoms with Crippen molar-refractivity contribution in [2.45, 2.75) is 71.8 Å². The van der Waals surface area contributed by atoms with Crippen molar-refractivity contribution in [1.82, 2.24) is 0 Å². The van der Waals surface area contributed by atoms with Gasteiger partial charge in [-0.1, -0.05) is 26.8 Å². The van der Waals surface area contributed by atoms with E-state index < -0.39 is 0 Å². The molecule has 0 spiro atoms. The molecule has 0 aromatic heterocycles. The van der Waals surface area contributed by atoms with Gasteiger partial charge >= 0.3 is 0 Å². The van der Waals surface area contributed by atoms with Gasteiger partial charge in [0.2, 0.25) is 13.6 Å². The van der Waals surface area contributed by atoms with Gasteiger partial charge in [0.05, 0.1) is 0 Å². The van der Waals surface area contributed by atoms with Crippen LogP contribution in [-0.4, -0.2) is 42.6 Å². The number of phenols is 1. The number of aromatic hydroxyl groups is 1. The van der Waals surface area contributed by atoms with Crippen LogP contribution in [0.2, 0.25) is 0 Å². The number of unbranched alkanes of at least 4 members (excludes halogenated alkanes) is 1. The van der Waals surface area contributed by atoms with Crippen molar-refractivity contribution in [2.24, 2.45) is 0 Å². The number of aldehydes is 1. The third-order valence-electron chi connectivity index (χ3n) is 5.85. The van der Waals surface area contributed by atoms with Gasteiger partial charge in [0.1, 0.15) is 17.8 Å². The number of Topliss-reactive ketones (excluding diaryl/α,β-unsaturated/α-hetero) is 1. The largest absolute Gasteiger partial charge is 0.508 e. The van der Waals surface area contributed by atoms with Gasteiger partial charge in [-0.15, -0.1) is 0 Å². The van der Waals surface area contributed by atoms with E-state index in [1.165, 1.54) is 19.1 Å². The van der Waals surface area contributed by atoms with E-state index in [1.54, 1.807) is 19.1 Å². The molecule has 0 saturated heterocycles. The molecule has 9 nitrogen and oxygen atoms in total. The van der Waals surface area contributed by atoms with E-state index in [0.29, 0.717) is 29.6 Å². The summed E-state index contributed by atoms with van der Waals surface area (Å²) < 4.78 is 26.6. The second kappa shape index (κ2) is 16.1. The van der Waals surface area contributed by atoms with E-state index in [2.05, 4.69) is 13.5 Å². The van der Waals surface area contributed by atoms with Crippen molar-refractivity contribution in [1.29, 1.82) is 0 Å². The summed E-state index contributed by atoms with van der Waals surface area (Å²) in [5.41, 5.74) is 1.14. The van der Waals surface area contributed by atoms with Crippen LogP contribution >= 0.6 is 0 Å². The Labute approximate surface area is 229 Å². The normalized spacial score (nSPS) is 16.8. The Morgan fingerprint density at radius 3 is 2.03 bits per heavy atom. The smallest absolute Gasteiger partial charge is 0.231 e. The Hall–Kier alpha value is -4.01. The fourth-order valence-electron chi connectivity index (χ4n) is 3.82. The highest BCUT2D eigenvalue weighted by atomic mass is 16.7. The van der Waals surface area contributed by atoms with Gasteiger partial charge in [-0.3, -0.25) is 9.59 Å². The molecular formula is C30H38O9. The number of hydrogen-bond donors (Lipinski definition) is 1. The molecule has 3 aliphatic heterocycles. The van der Waals surface area contributed by atoms with E-state index in [1.807, 2.05) is 19.1 Å². The number of phenolic OH excluding ortho intramolecular Hbond substituents is 1. The van der Waals surface area contributed by atoms with Crippen LogP contribution in [0.3, 0.4) is 0 Å². The van der Waals surface area contributed by atoms with Gasteiger partial charge in [-0.25, -0.2) is 0 Å². The highest BCUT2D eigenvalue weighted by Gasteiger charge is 2.32. The summed E-state index contributed by atoms with van der Waals surface area (Å²) in [6, 6.07) is 8.64. The summed E-state index contributed by atoms with van der Waals surface area (Å²) in [4.78, 5) is 30.7. The molecule has 2 aromatic rings. The molecule has 1 N–H and O–H groups in total. The summed E-state index contributed by atoms with van der Waals surface area (Å²) in [6.07, 6.45) is 6.46. The van der Waals surface area contributed by atoms with Crippen LogP contribution < -0.4 is 23.7 Å². The van der Waals surface area contributed by atoms with E-state index in [0.717, 1.165) is 49.0 Å². The highest BCUT2D eigenvalue weighted by molar-refractivity contribution is 5.86. The molecule has 2 unspecified atom stereocenters. The summed E-state index contributed by atoms with van der Waals surface area (Å²) >= 11 is 0. The first-order valence-electron chi connectivity index (χ1n) is 13.0. The summed E-state index contributed by atoms with van der Waals surface area (Å²) in [5, 5.41) is 8.96. The van der Waals surface area contributed by atoms with Crippen molar-refractivity contribution in [3.8, 4) is 34.5 Å². The molecule has 2 atom stereocenters. The summed E-state index contributed by atoms with van der Waals surface area (Å²) in [7, 11) is 0. The lowest BCUT2D eigenvalue weighted by molar-refractivity contribution is -0.124. The topological polar surface area (TPSA) is 118 Å². The Morgan fingerprint density at radius 1 is 0.923 bits per heavy atom. The van der Waals surface area contributed by atoms with E-state index in [-0.39, 0.29) is 37.0 Å². The van der Waals surface area contributed by atoms with Gasteiger partial charge in [0.25, 0.3) is 0 Å². The van der Waals surface area contributed by atoms with Crippen molar-refractivity contribution in [3.63, 3.8) is 0 Å². The molecule has 0 radical (unpaired) electrons. The van der Waals surface area contributed by atoms with Gasteiger partial charge in [-0.05, 0) is 63.3 Å². The number of rotatable bonds is 6. The number of benzene rings is 2. The van der Waals surface area contributed by atoms with E-state index in [9.17, 15) is 14.4 Å². The second-order valence-electron chi connectivity index (χ2n) is 8.99. The molecule has 0 amide bonds. The minimum Gasteiger partial charge on any atom is -0.508 e. The maximum Gasteiger partial charge on any atom is 0.231 e. The van der Waals surface area contributed by atoms with Gasteiger partial charge in [0, 0.05) is 24.1 Å². The molecule has 0 fully saturated rings. The Morgan fingerprint density at radius 2 is 1.51 bits per heavy atom. The van der Waals surface area contributed by atoms with Crippen LogP contribution in [0.4, 0.5) is 0 Å². The molecule has 9 heteroatoms. The SMILES string of the molecule is C=CC(C)=O.CCCC1CC(C(C)=O)Oc2cc3c(cc21)OCO3.CCCC=O.Oc1ccc2c(c1)OCO2. The Bertz CT molecular complexity index is 1130. The monoisotopic (exact) mass is 542 g/mol. The minimum atomic E-state index is -0.329. The Kier molecular flexibility index (Phi) is 12.9. The van der Waals surface area contributed by atoms with Gasteiger partial charge in [0.15, 0.2) is 40.7 Å². The predicted octanol–water partition coefficient (Wildman–Crippen LogP) is 5.91. The predicted molar refractivity (Wildman–Crippen MR) is 146 cm³/mol. The molecule has 3 aliphatic rings. The van der Waals surface area contributed by atoms with E-state index >= 15 is 0 Å². The number of ether oxygens (including phenoxy) is 5. The molecule has 5 rings (SSSR count). The van der Waals surface area contributed by atoms with Crippen LogP contribution in [0.15, 0.2) is 43.0 Å². The molecule has 2 aromatic carbocycles. The van der Waals surface area contributed by atoms with Gasteiger partial charge in [-0.2, -0.15) is 0 Å². The van der Waals surface area contributed by atoms with Crippen LogP contribution in [0.5, 0.6) is 34.5 Å². The quantitative estimate of drug-likeness (QED) is 0.351. The number of allylic oxidation sites excluding steroid dienone is 1. The van der Waals surface area contributed by atoms with Crippen molar-refractivity contribution < 1.29 is 43.2 Å². The average molecular weight is 543 g/mol. The number of fused-ring (bicyclic) bond motifs is 3. The average Bonchev–Trinajstić information content (AvgIpc) is 3.57. The van der Waals surface area contributed by atoms with Crippen LogP contribution in [0, 0.1) is 0 Å². The van der Waals surface area contributed by atoms with Crippen LogP contribution in [-0.2, 0) is 14.4 Å². The lowest BCUT2D eigenvalue weighted by atomic mass is 9.85. The minimum absolute atomic E-state index is 0.0185. The zero-order valence-corrected chi connectivity index (χ0v) is 23.1. The molecule has 0 saturated carbocycles. The zero-order valence-electron chi connectivity index (χ0n) is 23.1. The fourth-order valence-corrected chi connectivity index (χ4v) is 3.82. The summed E-state index contributed by atoms with van der Waals surface area (Å²) in [6.45, 7) is 10.9. The first-order chi connectivity index (χ1) is 18.7. The molecule has 39 heavy (non-hydrogen) atoms. The Balaban J connectivity index is 0.000000222. The second-order valence-corrected chi connectivity index (χ2v) is 8.99. The maximum atomic E-state index is 11.6. The number of carbonyl (C=O) groups excluding carboxylic acids is 3. The third kappa shape index (κ3) is 9.67. The number of ketones is 2. The van der Waals surface area contributed by atoms with Crippen LogP contribution in [0.1, 0.15) is 71.3 Å². The lowest BCUT2D eigenvalue weighted by Gasteiger charge is -2.31. The van der Waals surface area contributed by atoms with Crippen molar-refractivity contribution in [3.05, 3.63) is 48.6 Å². The standard InChI is InChI=1S/C15H18O4.C7H6O3.C4H6O.C4H8O/c1-3-4-10-5-12(9(2)16)19-13-7-15-14(6-11(10)13)17-8-18-15;8-5-1-2-6-7(3-5)10-4-9-6;1-3-4(2)5;1-2-3-4-5/h6-7,10,12H,3-5,8H2,1-2H3;1-3,8H,4H2;3H,1H2,2H3;4H,2-3H2,1H3. The van der Waals surface area contributed by atoms with Gasteiger partial charge < -0.3 is 33.6 Å². The van der Waals surface area contributed by atoms with Crippen molar-refractivity contribution in [2.75, 3.05) is 13.6 Å². The third-order valence-corrected chi connectivity index (χ3v) is 5.85. The zero-order chi connectivity index (χ0) is 28.8. The first kappa shape index (κ1) is 31.2.